The number of amides is 4. The Kier molecular flexibility index (Phi) is 12.9. The standard InChI is InChI=1S/C39H48N6O8Si/c1-4-51-54(52-5-2,53-6-3)26-10-19-41-39(49)50-25-24-45-37(47)30-14-8-13-29-33(17-16-31(35(29)30)38(45)48)44-22-20-43(21-23-44)27-34(46)42-32-15-7-11-28-12-9-18-40-36(28)32/h7-9,11-18H,4-6,10,19-27H2,1-3H3,(H,41,49)(H,42,46). The van der Waals surface area contributed by atoms with Gasteiger partial charge in [-0.15, -0.1) is 0 Å². The van der Waals surface area contributed by atoms with E-state index in [0.717, 1.165) is 26.9 Å². The summed E-state index contributed by atoms with van der Waals surface area (Å²) >= 11 is 0. The van der Waals surface area contributed by atoms with Crippen LogP contribution in [0.5, 0.6) is 0 Å². The highest BCUT2D eigenvalue weighted by Crippen LogP contribution is 2.36. The largest absolute Gasteiger partial charge is 0.500 e. The second-order valence-corrected chi connectivity index (χ2v) is 15.7. The molecule has 0 bridgehead atoms. The van der Waals surface area contributed by atoms with Crippen molar-refractivity contribution in [1.82, 2.24) is 20.1 Å². The first-order valence-electron chi connectivity index (χ1n) is 18.6. The van der Waals surface area contributed by atoms with E-state index in [9.17, 15) is 19.2 Å². The molecule has 0 atom stereocenters. The maximum Gasteiger partial charge on any atom is 0.500 e. The van der Waals surface area contributed by atoms with Crippen LogP contribution in [0.15, 0.2) is 66.9 Å². The van der Waals surface area contributed by atoms with Crippen molar-refractivity contribution < 1.29 is 37.2 Å². The average Bonchev–Trinajstić information content (AvgIpc) is 3.17. The number of hydrogen-bond donors (Lipinski definition) is 2. The van der Waals surface area contributed by atoms with Gasteiger partial charge >= 0.3 is 14.9 Å². The lowest BCUT2D eigenvalue weighted by Crippen LogP contribution is -2.48. The number of ether oxygens (including phenoxy) is 1. The monoisotopic (exact) mass is 756 g/mol. The van der Waals surface area contributed by atoms with Gasteiger partial charge in [0.1, 0.15) is 6.61 Å². The van der Waals surface area contributed by atoms with Gasteiger partial charge < -0.3 is 33.5 Å². The lowest BCUT2D eigenvalue weighted by Gasteiger charge is -2.37. The molecule has 286 valence electrons. The fourth-order valence-electron chi connectivity index (χ4n) is 7.13. The molecular formula is C39H48N6O8Si. The van der Waals surface area contributed by atoms with E-state index in [-0.39, 0.29) is 25.6 Å². The second-order valence-electron chi connectivity index (χ2n) is 13.0. The summed E-state index contributed by atoms with van der Waals surface area (Å²) in [5.41, 5.74) is 3.23. The molecule has 3 aromatic carbocycles. The number of carbonyl (C=O) groups excluding carboxylic acids is 4. The van der Waals surface area contributed by atoms with Crippen LogP contribution >= 0.6 is 0 Å². The minimum absolute atomic E-state index is 0.0791. The molecule has 1 saturated heterocycles. The summed E-state index contributed by atoms with van der Waals surface area (Å²) in [6.45, 7) is 10.1. The van der Waals surface area contributed by atoms with Crippen molar-refractivity contribution in [3.63, 3.8) is 0 Å². The van der Waals surface area contributed by atoms with Crippen LogP contribution < -0.4 is 15.5 Å². The molecule has 0 saturated carbocycles. The molecule has 1 fully saturated rings. The number of rotatable bonds is 17. The lowest BCUT2D eigenvalue weighted by atomic mass is 9.92. The Morgan fingerprint density at radius 2 is 1.52 bits per heavy atom. The summed E-state index contributed by atoms with van der Waals surface area (Å²) < 4.78 is 22.9. The van der Waals surface area contributed by atoms with Gasteiger partial charge in [-0.3, -0.25) is 29.2 Å². The number of alkyl carbamates (subject to hydrolysis) is 1. The molecule has 3 heterocycles. The van der Waals surface area contributed by atoms with Gasteiger partial charge in [0.05, 0.1) is 24.3 Å². The van der Waals surface area contributed by atoms with Crippen LogP contribution in [-0.4, -0.2) is 120 Å². The fourth-order valence-corrected chi connectivity index (χ4v) is 9.74. The molecule has 0 spiro atoms. The van der Waals surface area contributed by atoms with E-state index in [1.54, 1.807) is 18.3 Å². The van der Waals surface area contributed by atoms with Crippen LogP contribution in [0.25, 0.3) is 21.7 Å². The van der Waals surface area contributed by atoms with Gasteiger partial charge in [0.25, 0.3) is 11.8 Å². The third-order valence-corrected chi connectivity index (χ3v) is 12.7. The molecule has 1 aromatic heterocycles. The average molecular weight is 757 g/mol. The second kappa shape index (κ2) is 17.9. The summed E-state index contributed by atoms with van der Waals surface area (Å²) in [6, 6.07) is 19.3. The number of aromatic nitrogens is 1. The summed E-state index contributed by atoms with van der Waals surface area (Å²) in [4.78, 5) is 62.6. The Morgan fingerprint density at radius 1 is 0.833 bits per heavy atom. The van der Waals surface area contributed by atoms with Gasteiger partial charge in [-0.05, 0) is 57.5 Å². The van der Waals surface area contributed by atoms with E-state index in [1.165, 1.54) is 0 Å². The zero-order chi connectivity index (χ0) is 38.1. The minimum atomic E-state index is -2.81. The Hall–Kier alpha value is -4.93. The predicted molar refractivity (Wildman–Crippen MR) is 208 cm³/mol. The molecule has 15 heteroatoms. The SMILES string of the molecule is CCO[Si](CCCNC(=O)OCCN1C(=O)c2cccc3c(N4CCN(CC(=O)Nc5cccc6cccnc56)CC4)ccc(c23)C1=O)(OCC)OCC. The summed E-state index contributed by atoms with van der Waals surface area (Å²) in [7, 11) is -2.81. The van der Waals surface area contributed by atoms with Crippen molar-refractivity contribution in [3.05, 3.63) is 78.0 Å². The summed E-state index contributed by atoms with van der Waals surface area (Å²) in [6.07, 6.45) is 1.65. The zero-order valence-corrected chi connectivity index (χ0v) is 32.1. The Balaban J connectivity index is 1.01. The Labute approximate surface area is 316 Å². The van der Waals surface area contributed by atoms with Gasteiger partial charge in [-0.1, -0.05) is 30.3 Å². The van der Waals surface area contributed by atoms with E-state index in [1.807, 2.05) is 69.3 Å². The Morgan fingerprint density at radius 3 is 2.24 bits per heavy atom. The van der Waals surface area contributed by atoms with Gasteiger partial charge in [0.15, 0.2) is 0 Å². The first-order valence-corrected chi connectivity index (χ1v) is 20.6. The van der Waals surface area contributed by atoms with Crippen LogP contribution in [0.2, 0.25) is 6.04 Å². The van der Waals surface area contributed by atoms with Gasteiger partial charge in [0.2, 0.25) is 5.91 Å². The van der Waals surface area contributed by atoms with Crippen LogP contribution in [0.3, 0.4) is 0 Å². The predicted octanol–water partition coefficient (Wildman–Crippen LogP) is 4.91. The van der Waals surface area contributed by atoms with Crippen LogP contribution in [0.1, 0.15) is 47.9 Å². The molecular weight excluding hydrogens is 709 g/mol. The van der Waals surface area contributed by atoms with E-state index < -0.39 is 26.7 Å². The van der Waals surface area contributed by atoms with E-state index in [0.29, 0.717) is 87.2 Å². The molecule has 4 amide bonds. The number of piperazine rings is 1. The molecule has 0 radical (unpaired) electrons. The maximum absolute atomic E-state index is 13.6. The summed E-state index contributed by atoms with van der Waals surface area (Å²) in [5, 5.41) is 8.14. The van der Waals surface area contributed by atoms with Crippen molar-refractivity contribution in [3.8, 4) is 0 Å². The molecule has 14 nitrogen and oxygen atoms in total. The van der Waals surface area contributed by atoms with Crippen molar-refractivity contribution in [2.24, 2.45) is 0 Å². The molecule has 4 aromatic rings. The molecule has 2 aliphatic rings. The number of benzene rings is 3. The minimum Gasteiger partial charge on any atom is -0.448 e. The van der Waals surface area contributed by atoms with E-state index >= 15 is 0 Å². The topological polar surface area (TPSA) is 152 Å². The normalized spacial score (nSPS) is 14.9. The number of nitrogens with zero attached hydrogens (tertiary/aromatic N) is 4. The molecule has 54 heavy (non-hydrogen) atoms. The van der Waals surface area contributed by atoms with Gasteiger partial charge in [0, 0.05) is 97.8 Å². The molecule has 2 N–H and O–H groups in total. The number of fused-ring (bicyclic) bond motifs is 1. The molecule has 2 aliphatic heterocycles. The van der Waals surface area contributed by atoms with Crippen molar-refractivity contribution in [1.29, 1.82) is 0 Å². The first-order chi connectivity index (χ1) is 26.3. The quantitative estimate of drug-likeness (QED) is 0.0860. The number of carbonyl (C=O) groups is 4. The molecule has 0 aliphatic carbocycles. The van der Waals surface area contributed by atoms with Gasteiger partial charge in [-0.25, -0.2) is 4.79 Å². The third-order valence-electron chi connectivity index (χ3n) is 9.53. The number of hydrogen-bond acceptors (Lipinski definition) is 11. The zero-order valence-electron chi connectivity index (χ0n) is 31.1. The first kappa shape index (κ1) is 38.8. The van der Waals surface area contributed by atoms with E-state index in [4.69, 9.17) is 18.0 Å². The summed E-state index contributed by atoms with van der Waals surface area (Å²) in [5.74, 6) is -0.960. The van der Waals surface area contributed by atoms with Crippen molar-refractivity contribution >= 4 is 65.7 Å². The highest BCUT2D eigenvalue weighted by atomic mass is 28.4. The lowest BCUT2D eigenvalue weighted by molar-refractivity contribution is -0.117. The highest BCUT2D eigenvalue weighted by Gasteiger charge is 2.40. The fraction of sp³-hybridized carbons (Fsp3) is 0.410. The van der Waals surface area contributed by atoms with Crippen molar-refractivity contribution in [2.45, 2.75) is 33.2 Å². The third kappa shape index (κ3) is 8.71. The van der Waals surface area contributed by atoms with Crippen LogP contribution in [0.4, 0.5) is 16.2 Å². The highest BCUT2D eigenvalue weighted by molar-refractivity contribution is 6.60. The van der Waals surface area contributed by atoms with Crippen LogP contribution in [-0.2, 0) is 22.8 Å². The smallest absolute Gasteiger partial charge is 0.448 e. The number of nitrogens with one attached hydrogen (secondary N) is 2. The van der Waals surface area contributed by atoms with Crippen molar-refractivity contribution in [2.75, 3.05) is 82.5 Å². The maximum atomic E-state index is 13.6. The molecule has 6 rings (SSSR count). The van der Waals surface area contributed by atoms with E-state index in [2.05, 4.69) is 25.4 Å². The molecule has 0 unspecified atom stereocenters. The number of para-hydroxylation sites is 1. The number of pyridine rings is 1. The van der Waals surface area contributed by atoms with Crippen LogP contribution in [0, 0.1) is 0 Å². The van der Waals surface area contributed by atoms with Gasteiger partial charge in [-0.2, -0.15) is 0 Å². The Bertz CT molecular complexity index is 1940. The number of imide groups is 1. The number of anilines is 2.